The first-order valence-corrected chi connectivity index (χ1v) is 10.8. The maximum Gasteiger partial charge on any atom is 0.181 e. The normalized spacial score (nSPS) is 14.5. The monoisotopic (exact) mass is 425 g/mol. The lowest BCUT2D eigenvalue weighted by atomic mass is 10.0. The van der Waals surface area contributed by atoms with Crippen LogP contribution >= 0.6 is 0 Å². The lowest BCUT2D eigenvalue weighted by Gasteiger charge is -2.29. The molecule has 0 radical (unpaired) electrons. The van der Waals surface area contributed by atoms with Crippen LogP contribution in [0.1, 0.15) is 11.4 Å². The molecular weight excluding hydrogens is 402 g/mol. The summed E-state index contributed by atoms with van der Waals surface area (Å²) in [6.07, 6.45) is 0. The number of nitrogens with zero attached hydrogens (tertiary/aromatic N) is 6. The summed E-state index contributed by atoms with van der Waals surface area (Å²) in [6.45, 7) is 5.97. The Bertz CT molecular complexity index is 1400. The van der Waals surface area contributed by atoms with Crippen LogP contribution in [-0.4, -0.2) is 56.5 Å². The number of anilines is 1. The number of aryl methyl sites for hydroxylation is 1. The van der Waals surface area contributed by atoms with Crippen molar-refractivity contribution < 1.29 is 4.74 Å². The summed E-state index contributed by atoms with van der Waals surface area (Å²) in [6, 6.07) is 19.4. The van der Waals surface area contributed by atoms with Crippen LogP contribution in [0.25, 0.3) is 33.2 Å². The summed E-state index contributed by atoms with van der Waals surface area (Å²) >= 11 is 0. The number of hydrogen-bond donors (Lipinski definition) is 1. The zero-order valence-corrected chi connectivity index (χ0v) is 17.8. The molecule has 8 heteroatoms. The van der Waals surface area contributed by atoms with Crippen molar-refractivity contribution in [3.8, 4) is 11.4 Å². The Morgan fingerprint density at radius 1 is 1.03 bits per heavy atom. The molecule has 1 saturated heterocycles. The van der Waals surface area contributed by atoms with Crippen LogP contribution in [-0.2, 0) is 11.3 Å². The molecule has 1 N–H and O–H groups in total. The van der Waals surface area contributed by atoms with E-state index in [9.17, 15) is 0 Å². The molecule has 0 aliphatic carbocycles. The highest BCUT2D eigenvalue weighted by Crippen LogP contribution is 2.33. The number of hydrogen-bond acceptors (Lipinski definition) is 6. The van der Waals surface area contributed by atoms with Crippen molar-refractivity contribution in [2.24, 2.45) is 0 Å². The van der Waals surface area contributed by atoms with Gasteiger partial charge in [0.2, 0.25) is 0 Å². The molecule has 6 rings (SSSR count). The first kappa shape index (κ1) is 18.9. The number of aromatic nitrogens is 6. The molecule has 8 nitrogen and oxygen atoms in total. The largest absolute Gasteiger partial charge is 0.378 e. The molecule has 1 aliphatic heterocycles. The van der Waals surface area contributed by atoms with Gasteiger partial charge in [-0.2, -0.15) is 0 Å². The van der Waals surface area contributed by atoms with Crippen LogP contribution < -0.4 is 4.90 Å². The van der Waals surface area contributed by atoms with Crippen molar-refractivity contribution in [1.82, 2.24) is 30.2 Å². The molecule has 160 valence electrons. The SMILES string of the molecule is Cc1nc2c(-c3nnn[nH]3)cc(N3CCOCC3)cc2n1Cc1cccc2ccccc12. The molecule has 0 bridgehead atoms. The van der Waals surface area contributed by atoms with Crippen molar-refractivity contribution in [2.45, 2.75) is 13.5 Å². The van der Waals surface area contributed by atoms with Crippen LogP contribution in [0.2, 0.25) is 0 Å². The molecule has 2 aromatic heterocycles. The summed E-state index contributed by atoms with van der Waals surface area (Å²) in [5.41, 5.74) is 5.29. The third-order valence-corrected chi connectivity index (χ3v) is 6.21. The fourth-order valence-corrected chi connectivity index (χ4v) is 4.58. The van der Waals surface area contributed by atoms with Gasteiger partial charge < -0.3 is 14.2 Å². The second-order valence-electron chi connectivity index (χ2n) is 8.09. The molecule has 0 unspecified atom stereocenters. The number of tetrazole rings is 1. The minimum atomic E-state index is 0.625. The van der Waals surface area contributed by atoms with E-state index in [1.807, 2.05) is 0 Å². The van der Waals surface area contributed by atoms with E-state index in [-0.39, 0.29) is 0 Å². The first-order valence-electron chi connectivity index (χ1n) is 10.8. The van der Waals surface area contributed by atoms with Crippen LogP contribution in [0.5, 0.6) is 0 Å². The van der Waals surface area contributed by atoms with Crippen molar-refractivity contribution in [1.29, 1.82) is 0 Å². The molecule has 5 aromatic rings. The number of imidazole rings is 1. The van der Waals surface area contributed by atoms with Gasteiger partial charge in [-0.3, -0.25) is 0 Å². The van der Waals surface area contributed by atoms with Crippen molar-refractivity contribution in [3.05, 3.63) is 66.0 Å². The summed E-state index contributed by atoms with van der Waals surface area (Å²) < 4.78 is 7.85. The predicted octanol–water partition coefficient (Wildman–Crippen LogP) is 3.56. The van der Waals surface area contributed by atoms with E-state index in [2.05, 4.69) is 91.6 Å². The van der Waals surface area contributed by atoms with Gasteiger partial charge >= 0.3 is 0 Å². The molecular formula is C24H23N7O. The minimum absolute atomic E-state index is 0.625. The van der Waals surface area contributed by atoms with Crippen LogP contribution in [0.15, 0.2) is 54.6 Å². The van der Waals surface area contributed by atoms with Gasteiger partial charge in [0.15, 0.2) is 5.82 Å². The minimum Gasteiger partial charge on any atom is -0.378 e. The summed E-state index contributed by atoms with van der Waals surface area (Å²) in [5, 5.41) is 17.2. The van der Waals surface area contributed by atoms with E-state index in [1.165, 1.54) is 16.3 Å². The standard InChI is InChI=1S/C24H23N7O/c1-16-25-23-21(24-26-28-29-27-24)13-19(30-9-11-32-12-10-30)14-22(23)31(16)15-18-7-4-6-17-5-2-3-8-20(17)18/h2-8,13-14H,9-12,15H2,1H3,(H,26,27,28,29). The van der Waals surface area contributed by atoms with E-state index in [1.54, 1.807) is 0 Å². The Balaban J connectivity index is 1.53. The Morgan fingerprint density at radius 2 is 1.88 bits per heavy atom. The number of aromatic amines is 1. The number of nitrogens with one attached hydrogen (secondary N) is 1. The van der Waals surface area contributed by atoms with Crippen LogP contribution in [0.4, 0.5) is 5.69 Å². The van der Waals surface area contributed by atoms with Gasteiger partial charge in [0.25, 0.3) is 0 Å². The van der Waals surface area contributed by atoms with Gasteiger partial charge in [-0.15, -0.1) is 5.10 Å². The van der Waals surface area contributed by atoms with E-state index in [0.29, 0.717) is 5.82 Å². The molecule has 32 heavy (non-hydrogen) atoms. The van der Waals surface area contributed by atoms with Gasteiger partial charge in [0.1, 0.15) is 5.82 Å². The van der Waals surface area contributed by atoms with Crippen molar-refractivity contribution >= 4 is 27.5 Å². The molecule has 1 fully saturated rings. The van der Waals surface area contributed by atoms with E-state index in [0.717, 1.165) is 61.0 Å². The highest BCUT2D eigenvalue weighted by Gasteiger charge is 2.20. The summed E-state index contributed by atoms with van der Waals surface area (Å²) in [5.74, 6) is 1.58. The lowest BCUT2D eigenvalue weighted by molar-refractivity contribution is 0.122. The zero-order valence-electron chi connectivity index (χ0n) is 17.8. The number of benzene rings is 3. The first-order chi connectivity index (χ1) is 15.8. The Hall–Kier alpha value is -3.78. The second kappa shape index (κ2) is 7.72. The van der Waals surface area contributed by atoms with Gasteiger partial charge in [-0.05, 0) is 45.8 Å². The highest BCUT2D eigenvalue weighted by molar-refractivity contribution is 5.94. The van der Waals surface area contributed by atoms with Crippen molar-refractivity contribution in [2.75, 3.05) is 31.2 Å². The third kappa shape index (κ3) is 3.20. The molecule has 0 amide bonds. The molecule has 3 aromatic carbocycles. The molecule has 0 saturated carbocycles. The highest BCUT2D eigenvalue weighted by atomic mass is 16.5. The van der Waals surface area contributed by atoms with E-state index in [4.69, 9.17) is 9.72 Å². The fraction of sp³-hybridized carbons (Fsp3) is 0.250. The number of ether oxygens (including phenoxy) is 1. The maximum absolute atomic E-state index is 5.56. The number of fused-ring (bicyclic) bond motifs is 2. The Kier molecular flexibility index (Phi) is 4.57. The van der Waals surface area contributed by atoms with E-state index >= 15 is 0 Å². The van der Waals surface area contributed by atoms with Gasteiger partial charge in [-0.25, -0.2) is 10.1 Å². The molecule has 3 heterocycles. The average Bonchev–Trinajstić information content (AvgIpc) is 3.48. The van der Waals surface area contributed by atoms with Gasteiger partial charge in [0.05, 0.1) is 29.8 Å². The topological polar surface area (TPSA) is 84.8 Å². The predicted molar refractivity (Wildman–Crippen MR) is 124 cm³/mol. The van der Waals surface area contributed by atoms with Crippen LogP contribution in [0, 0.1) is 6.92 Å². The summed E-state index contributed by atoms with van der Waals surface area (Å²) in [4.78, 5) is 7.28. The van der Waals surface area contributed by atoms with Crippen molar-refractivity contribution in [3.63, 3.8) is 0 Å². The molecule has 0 atom stereocenters. The molecule has 0 spiro atoms. The zero-order chi connectivity index (χ0) is 21.5. The Labute approximate surface area is 184 Å². The fourth-order valence-electron chi connectivity index (χ4n) is 4.58. The lowest BCUT2D eigenvalue weighted by Crippen LogP contribution is -2.36. The summed E-state index contributed by atoms with van der Waals surface area (Å²) in [7, 11) is 0. The van der Waals surface area contributed by atoms with Gasteiger partial charge in [-0.1, -0.05) is 42.5 Å². The number of morpholine rings is 1. The average molecular weight is 425 g/mol. The van der Waals surface area contributed by atoms with E-state index < -0.39 is 0 Å². The third-order valence-electron chi connectivity index (χ3n) is 6.21. The molecule has 1 aliphatic rings. The van der Waals surface area contributed by atoms with Crippen LogP contribution in [0.3, 0.4) is 0 Å². The van der Waals surface area contributed by atoms with Gasteiger partial charge in [0, 0.05) is 25.3 Å². The Morgan fingerprint density at radius 3 is 2.72 bits per heavy atom. The quantitative estimate of drug-likeness (QED) is 0.474. The second-order valence-corrected chi connectivity index (χ2v) is 8.09. The smallest absolute Gasteiger partial charge is 0.181 e. The number of H-pyrrole nitrogens is 1. The maximum atomic E-state index is 5.56. The number of rotatable bonds is 4.